The highest BCUT2D eigenvalue weighted by atomic mass is 16.5. The smallest absolute Gasteiger partial charge is 0.326 e. The molecule has 1 amide bonds. The van der Waals surface area contributed by atoms with Crippen LogP contribution >= 0.6 is 0 Å². The first-order chi connectivity index (χ1) is 18.4. The molecule has 1 spiro atoms. The summed E-state index contributed by atoms with van der Waals surface area (Å²) >= 11 is 0. The quantitative estimate of drug-likeness (QED) is 0.265. The summed E-state index contributed by atoms with van der Waals surface area (Å²) in [6.07, 6.45) is 9.43. The van der Waals surface area contributed by atoms with Gasteiger partial charge in [0.05, 0.1) is 12.6 Å². The van der Waals surface area contributed by atoms with Crippen LogP contribution in [0.4, 0.5) is 0 Å². The number of likely N-dealkylation sites (tertiary alicyclic amines) is 1. The number of hydrogen-bond acceptors (Lipinski definition) is 6. The van der Waals surface area contributed by atoms with Crippen molar-refractivity contribution in [2.45, 2.75) is 95.7 Å². The third kappa shape index (κ3) is 6.57. The molecule has 1 aromatic carbocycles. The van der Waals surface area contributed by atoms with E-state index in [0.717, 1.165) is 37.7 Å². The standard InChI is InChI=1S/C30H45N3O5/c1-2-38-29(37)25(16-13-21-8-4-3-5-9-21)32-24(10-6-7-17-31)27(34)33-20-30(19-26(33)28(35)36)18-22-11-14-23(30)15-12-22/h3-5,8-9,22-26,32H,2,6-7,10-20,31H2,1H3,(H,35,36)/t22?,23?,24-,25?,26?,30?/m0/s1. The van der Waals surface area contributed by atoms with Crippen LogP contribution in [0, 0.1) is 17.3 Å². The number of aryl methyl sites for hydroxylation is 1. The molecule has 0 radical (unpaired) electrons. The predicted molar refractivity (Wildman–Crippen MR) is 145 cm³/mol. The van der Waals surface area contributed by atoms with Crippen molar-refractivity contribution in [3.63, 3.8) is 0 Å². The van der Waals surface area contributed by atoms with Crippen molar-refractivity contribution in [1.82, 2.24) is 10.2 Å². The summed E-state index contributed by atoms with van der Waals surface area (Å²) in [5.74, 6) is -0.370. The molecule has 5 rings (SSSR count). The van der Waals surface area contributed by atoms with E-state index in [1.54, 1.807) is 11.8 Å². The van der Waals surface area contributed by atoms with E-state index in [9.17, 15) is 19.5 Å². The van der Waals surface area contributed by atoms with E-state index in [4.69, 9.17) is 10.5 Å². The van der Waals surface area contributed by atoms with Crippen molar-refractivity contribution in [2.75, 3.05) is 19.7 Å². The van der Waals surface area contributed by atoms with Crippen LogP contribution in [0.3, 0.4) is 0 Å². The minimum atomic E-state index is -0.927. The number of rotatable bonds is 13. The van der Waals surface area contributed by atoms with Gasteiger partial charge in [0.1, 0.15) is 12.1 Å². The lowest BCUT2D eigenvalue weighted by Gasteiger charge is -2.50. The molecule has 4 aliphatic rings. The van der Waals surface area contributed by atoms with E-state index in [-0.39, 0.29) is 23.9 Å². The van der Waals surface area contributed by atoms with Gasteiger partial charge in [-0.25, -0.2) is 4.79 Å². The zero-order chi connectivity index (χ0) is 27.1. The fourth-order valence-electron chi connectivity index (χ4n) is 7.31. The highest BCUT2D eigenvalue weighted by molar-refractivity contribution is 5.88. The first kappa shape index (κ1) is 28.6. The van der Waals surface area contributed by atoms with Crippen LogP contribution in [0.2, 0.25) is 0 Å². The van der Waals surface area contributed by atoms with Gasteiger partial charge in [-0.1, -0.05) is 49.6 Å². The summed E-state index contributed by atoms with van der Waals surface area (Å²) in [6.45, 7) is 3.05. The van der Waals surface area contributed by atoms with Gasteiger partial charge in [0.15, 0.2) is 0 Å². The molecule has 4 atom stereocenters. The van der Waals surface area contributed by atoms with E-state index in [1.807, 2.05) is 30.3 Å². The Labute approximate surface area is 226 Å². The van der Waals surface area contributed by atoms with Crippen molar-refractivity contribution in [1.29, 1.82) is 0 Å². The fourth-order valence-corrected chi connectivity index (χ4v) is 7.31. The maximum Gasteiger partial charge on any atom is 0.326 e. The lowest BCUT2D eigenvalue weighted by molar-refractivity contribution is -0.150. The van der Waals surface area contributed by atoms with Crippen LogP contribution in [-0.2, 0) is 25.5 Å². The highest BCUT2D eigenvalue weighted by Gasteiger charge is 2.56. The molecule has 1 aromatic rings. The Balaban J connectivity index is 1.53. The second-order valence-electron chi connectivity index (χ2n) is 11.6. The number of nitrogens with two attached hydrogens (primary N) is 1. The number of nitrogens with one attached hydrogen (secondary N) is 1. The largest absolute Gasteiger partial charge is 0.480 e. The molecule has 2 bridgehead atoms. The molecule has 38 heavy (non-hydrogen) atoms. The number of hydrogen-bond donors (Lipinski definition) is 3. The third-order valence-electron chi connectivity index (χ3n) is 9.22. The number of aliphatic carboxylic acids is 1. The van der Waals surface area contributed by atoms with Gasteiger partial charge in [-0.2, -0.15) is 0 Å². The average Bonchev–Trinajstić information content (AvgIpc) is 3.30. The molecule has 8 nitrogen and oxygen atoms in total. The number of carbonyl (C=O) groups excluding carboxylic acids is 2. The zero-order valence-corrected chi connectivity index (χ0v) is 22.8. The molecule has 3 unspecified atom stereocenters. The number of unbranched alkanes of at least 4 members (excludes halogenated alkanes) is 1. The summed E-state index contributed by atoms with van der Waals surface area (Å²) in [5.41, 5.74) is 6.75. The lowest BCUT2D eigenvalue weighted by atomic mass is 9.55. The van der Waals surface area contributed by atoms with Gasteiger partial charge in [0, 0.05) is 6.54 Å². The Bertz CT molecular complexity index is 948. The molecular weight excluding hydrogens is 482 g/mol. The second-order valence-corrected chi connectivity index (χ2v) is 11.6. The van der Waals surface area contributed by atoms with E-state index in [1.165, 1.54) is 12.8 Å². The molecule has 8 heteroatoms. The summed E-state index contributed by atoms with van der Waals surface area (Å²) in [6, 6.07) is 7.79. The molecule has 1 aliphatic heterocycles. The van der Waals surface area contributed by atoms with Crippen molar-refractivity contribution in [3.8, 4) is 0 Å². The van der Waals surface area contributed by atoms with Crippen LogP contribution in [0.5, 0.6) is 0 Å². The lowest BCUT2D eigenvalue weighted by Crippen LogP contribution is -2.55. The average molecular weight is 528 g/mol. The summed E-state index contributed by atoms with van der Waals surface area (Å²) in [7, 11) is 0. The Morgan fingerprint density at radius 2 is 1.82 bits per heavy atom. The maximum atomic E-state index is 14.1. The van der Waals surface area contributed by atoms with Crippen LogP contribution in [-0.4, -0.2) is 65.7 Å². The number of carbonyl (C=O) groups is 3. The summed E-state index contributed by atoms with van der Waals surface area (Å²) in [5, 5.41) is 13.5. The summed E-state index contributed by atoms with van der Waals surface area (Å²) < 4.78 is 5.37. The van der Waals surface area contributed by atoms with Crippen molar-refractivity contribution in [3.05, 3.63) is 35.9 Å². The van der Waals surface area contributed by atoms with Crippen molar-refractivity contribution in [2.24, 2.45) is 23.0 Å². The molecule has 0 aromatic heterocycles. The highest BCUT2D eigenvalue weighted by Crippen LogP contribution is 2.58. The fraction of sp³-hybridized carbons (Fsp3) is 0.700. The second kappa shape index (κ2) is 13.1. The Kier molecular flexibility index (Phi) is 9.82. The molecule has 210 valence electrons. The molecule has 3 saturated carbocycles. The zero-order valence-electron chi connectivity index (χ0n) is 22.8. The van der Waals surface area contributed by atoms with Crippen LogP contribution in [0.25, 0.3) is 0 Å². The molecule has 1 saturated heterocycles. The van der Waals surface area contributed by atoms with Crippen LogP contribution < -0.4 is 11.1 Å². The number of carboxylic acids is 1. The van der Waals surface area contributed by atoms with Gasteiger partial charge in [-0.05, 0) is 87.6 Å². The molecule has 1 heterocycles. The van der Waals surface area contributed by atoms with E-state index in [2.05, 4.69) is 5.32 Å². The van der Waals surface area contributed by atoms with Gasteiger partial charge in [-0.15, -0.1) is 0 Å². The van der Waals surface area contributed by atoms with Gasteiger partial charge in [0.2, 0.25) is 5.91 Å². The van der Waals surface area contributed by atoms with Crippen LogP contribution in [0.1, 0.15) is 76.7 Å². The van der Waals surface area contributed by atoms with Crippen LogP contribution in [0.15, 0.2) is 30.3 Å². The first-order valence-corrected chi connectivity index (χ1v) is 14.6. The van der Waals surface area contributed by atoms with Crippen molar-refractivity contribution >= 4 is 17.8 Å². The molecule has 4 N–H and O–H groups in total. The number of nitrogens with zero attached hydrogens (tertiary/aromatic N) is 1. The summed E-state index contributed by atoms with van der Waals surface area (Å²) in [4.78, 5) is 41.1. The molecule has 3 aliphatic carbocycles. The maximum absolute atomic E-state index is 14.1. The van der Waals surface area contributed by atoms with Crippen molar-refractivity contribution < 1.29 is 24.2 Å². The van der Waals surface area contributed by atoms with Gasteiger partial charge in [-0.3, -0.25) is 14.9 Å². The van der Waals surface area contributed by atoms with E-state index in [0.29, 0.717) is 50.6 Å². The minimum absolute atomic E-state index is 0.0878. The Morgan fingerprint density at radius 1 is 1.08 bits per heavy atom. The molecule has 4 fully saturated rings. The predicted octanol–water partition coefficient (Wildman–Crippen LogP) is 3.52. The topological polar surface area (TPSA) is 122 Å². The van der Waals surface area contributed by atoms with E-state index < -0.39 is 24.1 Å². The number of fused-ring (bicyclic) bond motifs is 2. The van der Waals surface area contributed by atoms with Gasteiger partial charge >= 0.3 is 11.9 Å². The number of ether oxygens (including phenoxy) is 1. The number of esters is 1. The molecular formula is C30H45N3O5. The number of benzene rings is 1. The van der Waals surface area contributed by atoms with Gasteiger partial charge in [0.25, 0.3) is 0 Å². The Hall–Kier alpha value is -2.45. The monoisotopic (exact) mass is 527 g/mol. The van der Waals surface area contributed by atoms with Gasteiger partial charge < -0.3 is 20.5 Å². The SMILES string of the molecule is CCOC(=O)C(CCc1ccccc1)N[C@@H](CCCCN)C(=O)N1CC2(CC3CCC2CC3)CC1C(=O)O. The Morgan fingerprint density at radius 3 is 2.42 bits per heavy atom. The first-order valence-electron chi connectivity index (χ1n) is 14.6. The minimum Gasteiger partial charge on any atom is -0.480 e. The number of amides is 1. The number of carboxylic acid groups (broad SMARTS) is 1. The normalized spacial score (nSPS) is 27.8. The third-order valence-corrected chi connectivity index (χ3v) is 9.22. The van der Waals surface area contributed by atoms with E-state index >= 15 is 0 Å².